The Morgan fingerprint density at radius 1 is 0.360 bits per heavy atom. The van der Waals surface area contributed by atoms with E-state index in [1.54, 1.807) is 0 Å². The van der Waals surface area contributed by atoms with Crippen molar-refractivity contribution in [2.75, 3.05) is 4.90 Å². The lowest BCUT2D eigenvalue weighted by molar-refractivity contribution is 0.660. The summed E-state index contributed by atoms with van der Waals surface area (Å²) in [7, 11) is 0. The Hall–Kier alpha value is -6.18. The van der Waals surface area contributed by atoms with Crippen molar-refractivity contribution in [3.8, 4) is 22.3 Å². The summed E-state index contributed by atoms with van der Waals surface area (Å²) in [6.07, 6.45) is 8.76. The number of hydrogen-bond acceptors (Lipinski definition) is 1. The largest absolute Gasteiger partial charge is 0.310 e. The molecule has 8 rings (SSSR count). The van der Waals surface area contributed by atoms with E-state index in [2.05, 4.69) is 213 Å². The van der Waals surface area contributed by atoms with Gasteiger partial charge in [0, 0.05) is 22.5 Å². The smallest absolute Gasteiger partial charge is 0.0467 e. The first-order valence-electron chi connectivity index (χ1n) is 17.3. The predicted molar refractivity (Wildman–Crippen MR) is 215 cm³/mol. The molecular weight excluding hydrogens is 603 g/mol. The molecule has 0 aromatic heterocycles. The Labute approximate surface area is 296 Å². The van der Waals surface area contributed by atoms with Gasteiger partial charge in [0.15, 0.2) is 0 Å². The Morgan fingerprint density at radius 2 is 0.820 bits per heavy atom. The minimum absolute atomic E-state index is 0.152. The fraction of sp³-hybridized carbons (Fsp3) is 0.0612. The average molecular weight is 642 g/mol. The van der Waals surface area contributed by atoms with Crippen LogP contribution in [0.25, 0.3) is 46.6 Å². The van der Waals surface area contributed by atoms with Crippen LogP contribution in [0, 0.1) is 0 Å². The molecule has 1 aliphatic rings. The average Bonchev–Trinajstić information content (AvgIpc) is 3.40. The minimum atomic E-state index is -0.152. The second kappa shape index (κ2) is 13.4. The van der Waals surface area contributed by atoms with Crippen molar-refractivity contribution in [2.45, 2.75) is 19.3 Å². The molecule has 1 aliphatic carbocycles. The number of hydrogen-bond donors (Lipinski definition) is 0. The molecule has 0 bridgehead atoms. The monoisotopic (exact) mass is 641 g/mol. The van der Waals surface area contributed by atoms with Gasteiger partial charge in [-0.25, -0.2) is 0 Å². The fourth-order valence-corrected chi connectivity index (χ4v) is 7.14. The van der Waals surface area contributed by atoms with Crippen molar-refractivity contribution in [1.29, 1.82) is 0 Å². The van der Waals surface area contributed by atoms with Crippen LogP contribution in [-0.4, -0.2) is 0 Å². The van der Waals surface area contributed by atoms with Gasteiger partial charge in [0.2, 0.25) is 0 Å². The van der Waals surface area contributed by atoms with Gasteiger partial charge in [-0.1, -0.05) is 178 Å². The third-order valence-electron chi connectivity index (χ3n) is 9.84. The Morgan fingerprint density at radius 3 is 1.46 bits per heavy atom. The van der Waals surface area contributed by atoms with Crippen LogP contribution < -0.4 is 4.90 Å². The van der Waals surface area contributed by atoms with E-state index in [1.165, 1.54) is 55.6 Å². The van der Waals surface area contributed by atoms with Gasteiger partial charge in [-0.15, -0.1) is 0 Å². The highest BCUT2D eigenvalue weighted by Gasteiger charge is 2.36. The third kappa shape index (κ3) is 6.22. The van der Waals surface area contributed by atoms with Crippen LogP contribution in [0.3, 0.4) is 0 Å². The third-order valence-corrected chi connectivity index (χ3v) is 9.84. The summed E-state index contributed by atoms with van der Waals surface area (Å²) in [5.41, 5.74) is 15.8. The first-order chi connectivity index (χ1) is 24.5. The van der Waals surface area contributed by atoms with Gasteiger partial charge < -0.3 is 4.90 Å². The molecule has 0 unspecified atom stereocenters. The summed E-state index contributed by atoms with van der Waals surface area (Å²) in [5.74, 6) is 0. The molecule has 7 aromatic rings. The van der Waals surface area contributed by atoms with Crippen LogP contribution in [0.4, 0.5) is 17.1 Å². The number of rotatable bonds is 8. The first-order valence-corrected chi connectivity index (χ1v) is 17.3. The van der Waals surface area contributed by atoms with E-state index < -0.39 is 0 Å². The summed E-state index contributed by atoms with van der Waals surface area (Å²) in [6, 6.07) is 63.3. The Kier molecular flexibility index (Phi) is 8.32. The number of anilines is 3. The standard InChI is InChI=1S/C49H39N/c1-49(2)47-33-39(24-23-37-15-8-4-9-16-37)27-31-45(47)46-32-30-44(35-48(46)49)50(43-20-12-19-41(34-43)40-17-10-5-11-18-40)42-28-25-38(26-29-42)22-21-36-13-6-3-7-14-36/h3-35H,1-2H3/b22-21+,24-23+. The Bertz CT molecular complexity index is 2310. The van der Waals surface area contributed by atoms with Gasteiger partial charge in [-0.05, 0) is 92.0 Å². The molecule has 0 N–H and O–H groups in total. The second-order valence-corrected chi connectivity index (χ2v) is 13.5. The van der Waals surface area contributed by atoms with E-state index in [4.69, 9.17) is 0 Å². The number of benzene rings is 7. The molecule has 0 saturated carbocycles. The van der Waals surface area contributed by atoms with Gasteiger partial charge in [-0.3, -0.25) is 0 Å². The molecule has 0 amide bonds. The van der Waals surface area contributed by atoms with E-state index in [0.717, 1.165) is 17.1 Å². The zero-order chi connectivity index (χ0) is 33.9. The van der Waals surface area contributed by atoms with Crippen molar-refractivity contribution in [3.63, 3.8) is 0 Å². The summed E-state index contributed by atoms with van der Waals surface area (Å²) in [4.78, 5) is 2.39. The van der Waals surface area contributed by atoms with E-state index in [9.17, 15) is 0 Å². The first kappa shape index (κ1) is 31.1. The SMILES string of the molecule is CC1(C)c2cc(/C=C/c3ccccc3)ccc2-c2ccc(N(c3ccc(/C=C/c4ccccc4)cc3)c3cccc(-c4ccccc4)c3)cc21. The highest BCUT2D eigenvalue weighted by atomic mass is 15.1. The Balaban J connectivity index is 1.18. The molecule has 0 saturated heterocycles. The maximum atomic E-state index is 2.41. The summed E-state index contributed by atoms with van der Waals surface area (Å²) < 4.78 is 0. The van der Waals surface area contributed by atoms with E-state index in [0.29, 0.717) is 0 Å². The van der Waals surface area contributed by atoms with E-state index >= 15 is 0 Å². The lowest BCUT2D eigenvalue weighted by atomic mass is 9.81. The normalized spacial score (nSPS) is 13.0. The molecule has 1 heteroatoms. The lowest BCUT2D eigenvalue weighted by Gasteiger charge is -2.28. The maximum absolute atomic E-state index is 2.41. The van der Waals surface area contributed by atoms with Crippen LogP contribution in [0.15, 0.2) is 176 Å². The van der Waals surface area contributed by atoms with Gasteiger partial charge in [0.25, 0.3) is 0 Å². The van der Waals surface area contributed by atoms with Crippen molar-refractivity contribution < 1.29 is 0 Å². The van der Waals surface area contributed by atoms with Crippen molar-refractivity contribution >= 4 is 41.4 Å². The number of fused-ring (bicyclic) bond motifs is 3. The van der Waals surface area contributed by atoms with Crippen molar-refractivity contribution in [1.82, 2.24) is 0 Å². The highest BCUT2D eigenvalue weighted by Crippen LogP contribution is 2.51. The molecular formula is C49H39N. The molecule has 7 aromatic carbocycles. The second-order valence-electron chi connectivity index (χ2n) is 13.5. The number of nitrogens with zero attached hydrogens (tertiary/aromatic N) is 1. The van der Waals surface area contributed by atoms with Crippen LogP contribution in [0.5, 0.6) is 0 Å². The molecule has 0 fully saturated rings. The molecule has 0 radical (unpaired) electrons. The predicted octanol–water partition coefficient (Wildman–Crippen LogP) is 13.5. The molecule has 0 spiro atoms. The summed E-state index contributed by atoms with van der Waals surface area (Å²) in [5, 5.41) is 0. The molecule has 0 aliphatic heterocycles. The van der Waals surface area contributed by atoms with Crippen LogP contribution in [0.2, 0.25) is 0 Å². The van der Waals surface area contributed by atoms with Crippen LogP contribution >= 0.6 is 0 Å². The van der Waals surface area contributed by atoms with Gasteiger partial charge in [-0.2, -0.15) is 0 Å². The van der Waals surface area contributed by atoms with Crippen LogP contribution in [0.1, 0.15) is 47.2 Å². The zero-order valence-corrected chi connectivity index (χ0v) is 28.5. The molecule has 0 heterocycles. The molecule has 50 heavy (non-hydrogen) atoms. The molecule has 240 valence electrons. The maximum Gasteiger partial charge on any atom is 0.0467 e. The van der Waals surface area contributed by atoms with Crippen molar-refractivity contribution in [2.24, 2.45) is 0 Å². The van der Waals surface area contributed by atoms with Crippen LogP contribution in [-0.2, 0) is 5.41 Å². The highest BCUT2D eigenvalue weighted by molar-refractivity contribution is 5.87. The quantitative estimate of drug-likeness (QED) is 0.149. The molecule has 1 nitrogen and oxygen atoms in total. The lowest BCUT2D eigenvalue weighted by Crippen LogP contribution is -2.16. The van der Waals surface area contributed by atoms with Gasteiger partial charge in [0.1, 0.15) is 0 Å². The summed E-state index contributed by atoms with van der Waals surface area (Å²) in [6.45, 7) is 4.72. The van der Waals surface area contributed by atoms with Gasteiger partial charge >= 0.3 is 0 Å². The zero-order valence-electron chi connectivity index (χ0n) is 28.5. The van der Waals surface area contributed by atoms with E-state index in [-0.39, 0.29) is 5.41 Å². The minimum Gasteiger partial charge on any atom is -0.310 e. The van der Waals surface area contributed by atoms with E-state index in [1.807, 2.05) is 6.07 Å². The summed E-state index contributed by atoms with van der Waals surface area (Å²) >= 11 is 0. The topological polar surface area (TPSA) is 3.24 Å². The molecule has 0 atom stereocenters. The van der Waals surface area contributed by atoms with Crippen molar-refractivity contribution in [3.05, 3.63) is 209 Å². The fourth-order valence-electron chi connectivity index (χ4n) is 7.14. The van der Waals surface area contributed by atoms with Gasteiger partial charge in [0.05, 0.1) is 0 Å².